The van der Waals surface area contributed by atoms with Crippen molar-refractivity contribution in [3.63, 3.8) is 0 Å². The first-order valence-corrected chi connectivity index (χ1v) is 6.91. The summed E-state index contributed by atoms with van der Waals surface area (Å²) in [7, 11) is 0. The number of aromatic nitrogens is 3. The van der Waals surface area contributed by atoms with E-state index < -0.39 is 5.60 Å². The fourth-order valence-corrected chi connectivity index (χ4v) is 2.54. The first-order chi connectivity index (χ1) is 9.90. The summed E-state index contributed by atoms with van der Waals surface area (Å²) in [6.45, 7) is 1.46. The van der Waals surface area contributed by atoms with Gasteiger partial charge in [-0.1, -0.05) is 29.3 Å². The normalized spacial score (nSPS) is 13.7. The van der Waals surface area contributed by atoms with E-state index in [1.54, 1.807) is 18.2 Å². The molecule has 2 N–H and O–H groups in total. The molecular formula is C13H14Cl2N4O2. The largest absolute Gasteiger partial charge is 0.381 e. The van der Waals surface area contributed by atoms with Crippen molar-refractivity contribution in [2.75, 3.05) is 6.54 Å². The van der Waals surface area contributed by atoms with Crippen LogP contribution in [-0.4, -0.2) is 32.3 Å². The van der Waals surface area contributed by atoms with Crippen LogP contribution < -0.4 is 5.32 Å². The van der Waals surface area contributed by atoms with E-state index in [2.05, 4.69) is 15.4 Å². The maximum atomic E-state index is 11.2. The van der Waals surface area contributed by atoms with Gasteiger partial charge in [-0.25, -0.2) is 9.67 Å². The third kappa shape index (κ3) is 3.93. The van der Waals surface area contributed by atoms with Crippen LogP contribution in [0.5, 0.6) is 0 Å². The second-order valence-corrected chi connectivity index (χ2v) is 5.50. The molecule has 0 radical (unpaired) electrons. The van der Waals surface area contributed by atoms with Crippen molar-refractivity contribution in [2.45, 2.75) is 19.1 Å². The number of amides is 1. The molecule has 0 fully saturated rings. The predicted octanol–water partition coefficient (Wildman–Crippen LogP) is 1.61. The zero-order valence-corrected chi connectivity index (χ0v) is 12.8. The molecule has 112 valence electrons. The molecular weight excluding hydrogens is 315 g/mol. The molecule has 2 aromatic rings. The van der Waals surface area contributed by atoms with Crippen molar-refractivity contribution in [2.24, 2.45) is 0 Å². The van der Waals surface area contributed by atoms with Gasteiger partial charge in [0.1, 0.15) is 18.3 Å². The van der Waals surface area contributed by atoms with Crippen LogP contribution in [-0.2, 0) is 16.9 Å². The maximum absolute atomic E-state index is 11.2. The van der Waals surface area contributed by atoms with Crippen molar-refractivity contribution < 1.29 is 9.90 Å². The molecule has 1 aromatic carbocycles. The van der Waals surface area contributed by atoms with E-state index in [1.807, 2.05) is 0 Å². The molecule has 1 unspecified atom stereocenters. The van der Waals surface area contributed by atoms with E-state index in [-0.39, 0.29) is 19.0 Å². The van der Waals surface area contributed by atoms with Crippen LogP contribution in [0.3, 0.4) is 0 Å². The quantitative estimate of drug-likeness (QED) is 0.873. The fourth-order valence-electron chi connectivity index (χ4n) is 1.96. The summed E-state index contributed by atoms with van der Waals surface area (Å²) >= 11 is 12.0. The van der Waals surface area contributed by atoms with Gasteiger partial charge in [0.25, 0.3) is 0 Å². The molecule has 8 heteroatoms. The number of halogens is 2. The van der Waals surface area contributed by atoms with E-state index in [0.29, 0.717) is 15.6 Å². The molecule has 0 bridgehead atoms. The van der Waals surface area contributed by atoms with Crippen LogP contribution in [0.4, 0.5) is 0 Å². The summed E-state index contributed by atoms with van der Waals surface area (Å²) in [6, 6.07) is 4.80. The van der Waals surface area contributed by atoms with Crippen LogP contribution in [0.25, 0.3) is 0 Å². The summed E-state index contributed by atoms with van der Waals surface area (Å²) in [5.41, 5.74) is -0.973. The topological polar surface area (TPSA) is 80.0 Å². The minimum atomic E-state index is -1.43. The fraction of sp³-hybridized carbons (Fsp3) is 0.308. The molecule has 0 saturated heterocycles. The lowest BCUT2D eigenvalue weighted by atomic mass is 9.93. The Hall–Kier alpha value is -1.63. The average molecular weight is 329 g/mol. The van der Waals surface area contributed by atoms with Gasteiger partial charge in [-0.15, -0.1) is 0 Å². The Morgan fingerprint density at radius 2 is 2.24 bits per heavy atom. The van der Waals surface area contributed by atoms with Crippen LogP contribution in [0, 0.1) is 0 Å². The first-order valence-electron chi connectivity index (χ1n) is 6.15. The molecule has 6 nitrogen and oxygen atoms in total. The molecule has 0 saturated carbocycles. The predicted molar refractivity (Wildman–Crippen MR) is 79.1 cm³/mol. The Balaban J connectivity index is 2.36. The Labute approximate surface area is 131 Å². The molecule has 0 aliphatic heterocycles. The standard InChI is InChI=1S/C13H14Cl2N4O2/c1-9(20)17-5-13(21,6-19-8-16-7-18-19)11-3-2-10(14)4-12(11)15/h2-4,7-8,21H,5-6H2,1H3,(H,17,20). The number of nitrogens with zero attached hydrogens (tertiary/aromatic N) is 3. The minimum absolute atomic E-state index is 0.0104. The lowest BCUT2D eigenvalue weighted by Crippen LogP contribution is -2.43. The van der Waals surface area contributed by atoms with E-state index in [4.69, 9.17) is 23.2 Å². The number of hydrogen-bond donors (Lipinski definition) is 2. The summed E-state index contributed by atoms with van der Waals surface area (Å²) in [5, 5.41) is 18.3. The van der Waals surface area contributed by atoms with Crippen molar-refractivity contribution in [3.8, 4) is 0 Å². The molecule has 0 aliphatic carbocycles. The second kappa shape index (κ2) is 6.43. The highest BCUT2D eigenvalue weighted by atomic mass is 35.5. The molecule has 1 atom stereocenters. The number of carbonyl (C=O) groups is 1. The number of aliphatic hydroxyl groups is 1. The highest BCUT2D eigenvalue weighted by Gasteiger charge is 2.33. The molecule has 1 heterocycles. The third-order valence-electron chi connectivity index (χ3n) is 2.95. The minimum Gasteiger partial charge on any atom is -0.381 e. The van der Waals surface area contributed by atoms with Gasteiger partial charge in [0.15, 0.2) is 0 Å². The van der Waals surface area contributed by atoms with Crippen molar-refractivity contribution in [3.05, 3.63) is 46.5 Å². The van der Waals surface area contributed by atoms with E-state index in [9.17, 15) is 9.90 Å². The van der Waals surface area contributed by atoms with Crippen molar-refractivity contribution in [1.82, 2.24) is 20.1 Å². The zero-order chi connectivity index (χ0) is 15.5. The number of benzene rings is 1. The van der Waals surface area contributed by atoms with Crippen LogP contribution in [0.1, 0.15) is 12.5 Å². The van der Waals surface area contributed by atoms with Crippen molar-refractivity contribution in [1.29, 1.82) is 0 Å². The number of hydrogen-bond acceptors (Lipinski definition) is 4. The van der Waals surface area contributed by atoms with Crippen LogP contribution in [0.15, 0.2) is 30.9 Å². The van der Waals surface area contributed by atoms with Crippen LogP contribution >= 0.6 is 23.2 Å². The van der Waals surface area contributed by atoms with Crippen molar-refractivity contribution >= 4 is 29.1 Å². The molecule has 1 aromatic heterocycles. The zero-order valence-electron chi connectivity index (χ0n) is 11.3. The summed E-state index contributed by atoms with van der Waals surface area (Å²) in [4.78, 5) is 15.0. The van der Waals surface area contributed by atoms with Gasteiger partial charge in [0.2, 0.25) is 5.91 Å². The molecule has 2 rings (SSSR count). The highest BCUT2D eigenvalue weighted by molar-refractivity contribution is 6.35. The molecule has 0 aliphatic rings. The summed E-state index contributed by atoms with van der Waals surface area (Å²) in [6.07, 6.45) is 2.84. The molecule has 0 spiro atoms. The molecule has 1 amide bonds. The number of rotatable bonds is 5. The van der Waals surface area contributed by atoms with Gasteiger partial charge in [-0.3, -0.25) is 4.79 Å². The molecule has 21 heavy (non-hydrogen) atoms. The summed E-state index contributed by atoms with van der Waals surface area (Å²) < 4.78 is 1.47. The third-order valence-corrected chi connectivity index (χ3v) is 3.50. The Morgan fingerprint density at radius 1 is 1.48 bits per heavy atom. The smallest absolute Gasteiger partial charge is 0.216 e. The lowest BCUT2D eigenvalue weighted by Gasteiger charge is -2.29. The van der Waals surface area contributed by atoms with Gasteiger partial charge in [-0.05, 0) is 12.1 Å². The van der Waals surface area contributed by atoms with E-state index in [1.165, 1.54) is 24.3 Å². The van der Waals surface area contributed by atoms with Gasteiger partial charge in [-0.2, -0.15) is 5.10 Å². The first kappa shape index (κ1) is 15.8. The highest BCUT2D eigenvalue weighted by Crippen LogP contribution is 2.31. The number of nitrogens with one attached hydrogen (secondary N) is 1. The summed E-state index contributed by atoms with van der Waals surface area (Å²) in [5.74, 6) is -0.253. The Kier molecular flexibility index (Phi) is 4.82. The van der Waals surface area contributed by atoms with Gasteiger partial charge in [0.05, 0.1) is 13.1 Å². The average Bonchev–Trinajstić information content (AvgIpc) is 2.89. The monoisotopic (exact) mass is 328 g/mol. The maximum Gasteiger partial charge on any atom is 0.216 e. The van der Waals surface area contributed by atoms with E-state index in [0.717, 1.165) is 0 Å². The second-order valence-electron chi connectivity index (χ2n) is 4.66. The Bertz CT molecular complexity index is 633. The Morgan fingerprint density at radius 3 is 2.81 bits per heavy atom. The van der Waals surface area contributed by atoms with Gasteiger partial charge in [0, 0.05) is 22.5 Å². The SMILES string of the molecule is CC(=O)NCC(O)(Cn1cncn1)c1ccc(Cl)cc1Cl. The lowest BCUT2D eigenvalue weighted by molar-refractivity contribution is -0.120. The van der Waals surface area contributed by atoms with Crippen LogP contribution in [0.2, 0.25) is 10.0 Å². The van der Waals surface area contributed by atoms with E-state index >= 15 is 0 Å². The van der Waals surface area contributed by atoms with Gasteiger partial charge >= 0.3 is 0 Å². The van der Waals surface area contributed by atoms with Gasteiger partial charge < -0.3 is 10.4 Å². The number of carbonyl (C=O) groups excluding carboxylic acids is 1.